The summed E-state index contributed by atoms with van der Waals surface area (Å²) >= 11 is 0.302. The summed E-state index contributed by atoms with van der Waals surface area (Å²) in [7, 11) is 0. The van der Waals surface area contributed by atoms with Crippen molar-refractivity contribution in [1.29, 1.82) is 0 Å². The van der Waals surface area contributed by atoms with Gasteiger partial charge in [0.05, 0.1) is 11.3 Å². The van der Waals surface area contributed by atoms with E-state index in [9.17, 15) is 9.00 Å². The van der Waals surface area contributed by atoms with E-state index in [0.717, 1.165) is 9.13 Å². The fourth-order valence-corrected chi connectivity index (χ4v) is 3.26. The normalized spacial score (nSPS) is 13.1. The topological polar surface area (TPSA) is 66.4 Å². The van der Waals surface area contributed by atoms with E-state index in [1.807, 2.05) is 39.0 Å². The standard InChI is InChI=1S/C13H18INO3S/c1-9-5-4-6-10(14)11(9)12(16)15-13(2,3)7-8-19(17)18/h4-6H,7-8H2,1-3H3,(H,15,16)(H,17,18). The lowest BCUT2D eigenvalue weighted by atomic mass is 10.00. The number of amides is 1. The van der Waals surface area contributed by atoms with Gasteiger partial charge in [0.2, 0.25) is 0 Å². The van der Waals surface area contributed by atoms with Gasteiger partial charge in [-0.15, -0.1) is 0 Å². The van der Waals surface area contributed by atoms with E-state index in [2.05, 4.69) is 27.9 Å². The van der Waals surface area contributed by atoms with Gasteiger partial charge in [0.25, 0.3) is 5.91 Å². The molecule has 0 aliphatic heterocycles. The minimum Gasteiger partial charge on any atom is -0.347 e. The summed E-state index contributed by atoms with van der Waals surface area (Å²) in [5.74, 6) is 0.00855. The number of hydrogen-bond donors (Lipinski definition) is 2. The number of rotatable bonds is 5. The molecule has 0 aliphatic rings. The molecule has 4 nitrogen and oxygen atoms in total. The van der Waals surface area contributed by atoms with Crippen LogP contribution >= 0.6 is 22.6 Å². The number of hydrogen-bond acceptors (Lipinski definition) is 2. The van der Waals surface area contributed by atoms with Gasteiger partial charge in [0, 0.05) is 9.11 Å². The van der Waals surface area contributed by atoms with E-state index < -0.39 is 16.6 Å². The predicted molar refractivity (Wildman–Crippen MR) is 85.7 cm³/mol. The lowest BCUT2D eigenvalue weighted by Crippen LogP contribution is -2.44. The van der Waals surface area contributed by atoms with E-state index in [1.54, 1.807) is 0 Å². The maximum Gasteiger partial charge on any atom is 0.253 e. The first-order valence-electron chi connectivity index (χ1n) is 5.88. The molecule has 0 radical (unpaired) electrons. The zero-order valence-corrected chi connectivity index (χ0v) is 14.2. The molecule has 0 aromatic heterocycles. The molecule has 0 bridgehead atoms. The van der Waals surface area contributed by atoms with Gasteiger partial charge in [0.15, 0.2) is 11.1 Å². The lowest BCUT2D eigenvalue weighted by molar-refractivity contribution is 0.0910. The summed E-state index contributed by atoms with van der Waals surface area (Å²) in [6.45, 7) is 5.60. The van der Waals surface area contributed by atoms with E-state index in [1.165, 1.54) is 0 Å². The molecule has 0 fully saturated rings. The first-order valence-corrected chi connectivity index (χ1v) is 8.23. The van der Waals surface area contributed by atoms with Crippen LogP contribution in [0.5, 0.6) is 0 Å². The molecule has 1 atom stereocenters. The Morgan fingerprint density at radius 2 is 2.11 bits per heavy atom. The highest BCUT2D eigenvalue weighted by molar-refractivity contribution is 14.1. The number of carbonyl (C=O) groups is 1. The van der Waals surface area contributed by atoms with Gasteiger partial charge in [0.1, 0.15) is 0 Å². The number of aryl methyl sites for hydroxylation is 1. The summed E-state index contributed by atoms with van der Waals surface area (Å²) in [5.41, 5.74) is 1.08. The molecule has 1 rings (SSSR count). The minimum atomic E-state index is -1.83. The van der Waals surface area contributed by atoms with Crippen molar-refractivity contribution in [3.8, 4) is 0 Å². The van der Waals surface area contributed by atoms with Gasteiger partial charge >= 0.3 is 0 Å². The second-order valence-corrected chi connectivity index (χ2v) is 7.26. The Morgan fingerprint density at radius 1 is 1.47 bits per heavy atom. The van der Waals surface area contributed by atoms with E-state index in [0.29, 0.717) is 12.0 Å². The highest BCUT2D eigenvalue weighted by Gasteiger charge is 2.23. The second-order valence-electron chi connectivity index (χ2n) is 5.05. The quantitative estimate of drug-likeness (QED) is 0.595. The Morgan fingerprint density at radius 3 is 2.63 bits per heavy atom. The molecule has 1 aromatic carbocycles. The predicted octanol–water partition coefficient (Wildman–Crippen LogP) is 2.72. The number of carbonyl (C=O) groups excluding carboxylic acids is 1. The van der Waals surface area contributed by atoms with Crippen LogP contribution in [0.3, 0.4) is 0 Å². The molecule has 6 heteroatoms. The molecule has 106 valence electrons. The van der Waals surface area contributed by atoms with Crippen LogP contribution < -0.4 is 5.32 Å². The highest BCUT2D eigenvalue weighted by Crippen LogP contribution is 2.18. The molecule has 1 unspecified atom stereocenters. The van der Waals surface area contributed by atoms with Gasteiger partial charge in [-0.2, -0.15) is 0 Å². The first kappa shape index (κ1) is 16.6. The lowest BCUT2D eigenvalue weighted by Gasteiger charge is -2.26. The van der Waals surface area contributed by atoms with Gasteiger partial charge in [-0.3, -0.25) is 4.79 Å². The molecule has 0 heterocycles. The van der Waals surface area contributed by atoms with Crippen LogP contribution in [0.4, 0.5) is 0 Å². The van der Waals surface area contributed by atoms with Crippen LogP contribution in [-0.2, 0) is 11.1 Å². The van der Waals surface area contributed by atoms with Gasteiger partial charge in [-0.25, -0.2) is 4.21 Å². The van der Waals surface area contributed by atoms with E-state index in [-0.39, 0.29) is 11.7 Å². The van der Waals surface area contributed by atoms with Crippen molar-refractivity contribution < 1.29 is 13.6 Å². The molecule has 1 aromatic rings. The Bertz CT molecular complexity index is 482. The van der Waals surface area contributed by atoms with Crippen molar-refractivity contribution in [3.05, 3.63) is 32.9 Å². The Hall–Kier alpha value is -0.470. The number of nitrogens with one attached hydrogen (secondary N) is 1. The van der Waals surface area contributed by atoms with E-state index >= 15 is 0 Å². The van der Waals surface area contributed by atoms with Crippen molar-refractivity contribution in [2.24, 2.45) is 0 Å². The third-order valence-electron chi connectivity index (χ3n) is 2.80. The smallest absolute Gasteiger partial charge is 0.253 e. The average Bonchev–Trinajstić information content (AvgIpc) is 2.25. The fraction of sp³-hybridized carbons (Fsp3) is 0.462. The van der Waals surface area contributed by atoms with Crippen LogP contribution in [0, 0.1) is 10.5 Å². The average molecular weight is 395 g/mol. The largest absolute Gasteiger partial charge is 0.347 e. The molecule has 0 spiro atoms. The Labute approximate surface area is 129 Å². The summed E-state index contributed by atoms with van der Waals surface area (Å²) in [6.07, 6.45) is 0.449. The molecule has 0 saturated carbocycles. The van der Waals surface area contributed by atoms with Crippen molar-refractivity contribution in [3.63, 3.8) is 0 Å². The summed E-state index contributed by atoms with van der Waals surface area (Å²) in [4.78, 5) is 12.3. The Kier molecular flexibility index (Phi) is 5.94. The van der Waals surface area contributed by atoms with Gasteiger partial charge < -0.3 is 9.87 Å². The summed E-state index contributed by atoms with van der Waals surface area (Å²) in [6, 6.07) is 5.69. The zero-order chi connectivity index (χ0) is 14.6. The van der Waals surface area contributed by atoms with Crippen LogP contribution in [0.2, 0.25) is 0 Å². The highest BCUT2D eigenvalue weighted by atomic mass is 127. The molecule has 0 saturated heterocycles. The second kappa shape index (κ2) is 6.81. The molecular weight excluding hydrogens is 377 g/mol. The van der Waals surface area contributed by atoms with Crippen molar-refractivity contribution in [1.82, 2.24) is 5.32 Å². The van der Waals surface area contributed by atoms with Crippen molar-refractivity contribution in [2.75, 3.05) is 5.75 Å². The third kappa shape index (κ3) is 5.19. The van der Waals surface area contributed by atoms with Crippen LogP contribution in [0.15, 0.2) is 18.2 Å². The van der Waals surface area contributed by atoms with Crippen molar-refractivity contribution in [2.45, 2.75) is 32.7 Å². The third-order valence-corrected chi connectivity index (χ3v) is 4.25. The summed E-state index contributed by atoms with van der Waals surface area (Å²) < 4.78 is 20.4. The zero-order valence-electron chi connectivity index (χ0n) is 11.2. The number of benzene rings is 1. The fourth-order valence-electron chi connectivity index (χ4n) is 1.69. The maximum atomic E-state index is 12.3. The monoisotopic (exact) mass is 395 g/mol. The van der Waals surface area contributed by atoms with E-state index in [4.69, 9.17) is 4.55 Å². The molecule has 2 N–H and O–H groups in total. The molecule has 0 aliphatic carbocycles. The van der Waals surface area contributed by atoms with Crippen LogP contribution in [0.25, 0.3) is 0 Å². The first-order chi connectivity index (χ1) is 8.73. The summed E-state index contributed by atoms with van der Waals surface area (Å²) in [5, 5.41) is 2.92. The Balaban J connectivity index is 2.82. The molecular formula is C13H18INO3S. The minimum absolute atomic E-state index is 0.142. The molecule has 19 heavy (non-hydrogen) atoms. The van der Waals surface area contributed by atoms with Crippen LogP contribution in [0.1, 0.15) is 36.2 Å². The van der Waals surface area contributed by atoms with Crippen LogP contribution in [-0.4, -0.2) is 26.0 Å². The number of halogens is 1. The van der Waals surface area contributed by atoms with Crippen molar-refractivity contribution >= 4 is 39.6 Å². The van der Waals surface area contributed by atoms with Gasteiger partial charge in [-0.1, -0.05) is 12.1 Å². The maximum absolute atomic E-state index is 12.3. The molecule has 1 amide bonds. The SMILES string of the molecule is Cc1cccc(I)c1C(=O)NC(C)(C)CCS(=O)O. The van der Waals surface area contributed by atoms with Gasteiger partial charge in [-0.05, 0) is 61.4 Å².